The molecule has 1 aromatic heterocycles. The summed E-state index contributed by atoms with van der Waals surface area (Å²) in [6.07, 6.45) is 1.51. The van der Waals surface area contributed by atoms with Gasteiger partial charge in [0.05, 0.1) is 16.1 Å². The third kappa shape index (κ3) is 4.94. The fourth-order valence-electron chi connectivity index (χ4n) is 1.82. The quantitative estimate of drug-likeness (QED) is 0.813. The molecule has 1 aromatic carbocycles. The minimum absolute atomic E-state index is 0.243. The second-order valence-corrected chi connectivity index (χ2v) is 5.67. The minimum Gasteiger partial charge on any atom is -0.350 e. The molecule has 23 heavy (non-hydrogen) atoms. The Morgan fingerprint density at radius 1 is 1.04 bits per heavy atom. The van der Waals surface area contributed by atoms with Crippen molar-refractivity contribution in [3.8, 4) is 0 Å². The minimum atomic E-state index is -0.344. The first kappa shape index (κ1) is 17.2. The summed E-state index contributed by atoms with van der Waals surface area (Å²) in [4.78, 5) is 27.9. The van der Waals surface area contributed by atoms with E-state index in [0.717, 1.165) is 5.69 Å². The SMILES string of the molecule is Cc1ccc(C(=O)NCCNC(=O)c2cc(Cl)ccc2Cl)cn1. The maximum Gasteiger partial charge on any atom is 0.252 e. The highest BCUT2D eigenvalue weighted by Crippen LogP contribution is 2.20. The summed E-state index contributed by atoms with van der Waals surface area (Å²) in [5, 5.41) is 6.12. The molecular formula is C16H15Cl2N3O2. The monoisotopic (exact) mass is 351 g/mol. The van der Waals surface area contributed by atoms with Gasteiger partial charge in [0, 0.05) is 30.0 Å². The van der Waals surface area contributed by atoms with Crippen LogP contribution in [0.15, 0.2) is 36.5 Å². The van der Waals surface area contributed by atoms with Crippen molar-refractivity contribution in [2.24, 2.45) is 0 Å². The molecule has 2 aromatic rings. The van der Waals surface area contributed by atoms with Crippen LogP contribution in [0.2, 0.25) is 10.0 Å². The van der Waals surface area contributed by atoms with Gasteiger partial charge in [0.15, 0.2) is 0 Å². The normalized spacial score (nSPS) is 10.2. The van der Waals surface area contributed by atoms with Crippen LogP contribution in [-0.2, 0) is 0 Å². The van der Waals surface area contributed by atoms with E-state index in [2.05, 4.69) is 15.6 Å². The van der Waals surface area contributed by atoms with Gasteiger partial charge in [0.2, 0.25) is 0 Å². The van der Waals surface area contributed by atoms with Crippen LogP contribution in [0.3, 0.4) is 0 Å². The first-order valence-electron chi connectivity index (χ1n) is 6.91. The van der Waals surface area contributed by atoms with Crippen molar-refractivity contribution < 1.29 is 9.59 Å². The number of pyridine rings is 1. The highest BCUT2D eigenvalue weighted by molar-refractivity contribution is 6.35. The van der Waals surface area contributed by atoms with Crippen molar-refractivity contribution in [2.75, 3.05) is 13.1 Å². The average molecular weight is 352 g/mol. The van der Waals surface area contributed by atoms with Gasteiger partial charge in [-0.05, 0) is 37.3 Å². The number of aryl methyl sites for hydroxylation is 1. The zero-order valence-electron chi connectivity index (χ0n) is 12.4. The van der Waals surface area contributed by atoms with E-state index in [1.54, 1.807) is 24.3 Å². The number of halogens is 2. The lowest BCUT2D eigenvalue weighted by molar-refractivity contribution is 0.0927. The van der Waals surface area contributed by atoms with Crippen molar-refractivity contribution in [2.45, 2.75) is 6.92 Å². The molecule has 0 fully saturated rings. The number of amides is 2. The lowest BCUT2D eigenvalue weighted by atomic mass is 10.2. The molecular weight excluding hydrogens is 337 g/mol. The van der Waals surface area contributed by atoms with E-state index < -0.39 is 0 Å². The Morgan fingerprint density at radius 2 is 1.74 bits per heavy atom. The van der Waals surface area contributed by atoms with E-state index >= 15 is 0 Å². The summed E-state index contributed by atoms with van der Waals surface area (Å²) in [5.41, 5.74) is 1.61. The molecule has 5 nitrogen and oxygen atoms in total. The molecule has 0 aliphatic carbocycles. The number of aromatic nitrogens is 1. The van der Waals surface area contributed by atoms with Crippen molar-refractivity contribution in [1.82, 2.24) is 15.6 Å². The first-order chi connectivity index (χ1) is 11.0. The molecule has 0 aliphatic rings. The van der Waals surface area contributed by atoms with Gasteiger partial charge in [0.25, 0.3) is 11.8 Å². The van der Waals surface area contributed by atoms with Crippen LogP contribution in [0.1, 0.15) is 26.4 Å². The first-order valence-corrected chi connectivity index (χ1v) is 7.67. The largest absolute Gasteiger partial charge is 0.350 e. The topological polar surface area (TPSA) is 71.1 Å². The van der Waals surface area contributed by atoms with Crippen LogP contribution >= 0.6 is 23.2 Å². The summed E-state index contributed by atoms with van der Waals surface area (Å²) in [7, 11) is 0. The number of carbonyl (C=O) groups is 2. The second-order valence-electron chi connectivity index (χ2n) is 4.82. The molecule has 2 rings (SSSR count). The van der Waals surface area contributed by atoms with Crippen molar-refractivity contribution in [3.05, 3.63) is 63.4 Å². The maximum atomic E-state index is 12.0. The molecule has 0 saturated heterocycles. The number of benzene rings is 1. The maximum absolute atomic E-state index is 12.0. The van der Waals surface area contributed by atoms with Crippen LogP contribution in [0.4, 0.5) is 0 Å². The third-order valence-corrected chi connectivity index (χ3v) is 3.61. The zero-order chi connectivity index (χ0) is 16.8. The lowest BCUT2D eigenvalue weighted by Crippen LogP contribution is -2.34. The molecule has 0 bridgehead atoms. The fraction of sp³-hybridized carbons (Fsp3) is 0.188. The van der Waals surface area contributed by atoms with Gasteiger partial charge >= 0.3 is 0 Å². The highest BCUT2D eigenvalue weighted by Gasteiger charge is 2.11. The number of carbonyl (C=O) groups excluding carboxylic acids is 2. The van der Waals surface area contributed by atoms with Crippen LogP contribution < -0.4 is 10.6 Å². The number of nitrogens with one attached hydrogen (secondary N) is 2. The summed E-state index contributed by atoms with van der Waals surface area (Å²) >= 11 is 11.8. The lowest BCUT2D eigenvalue weighted by Gasteiger charge is -2.08. The van der Waals surface area contributed by atoms with Crippen LogP contribution in [-0.4, -0.2) is 29.9 Å². The number of rotatable bonds is 5. The molecule has 7 heteroatoms. The summed E-state index contributed by atoms with van der Waals surface area (Å²) < 4.78 is 0. The molecule has 2 N–H and O–H groups in total. The van der Waals surface area contributed by atoms with Gasteiger partial charge < -0.3 is 10.6 Å². The Kier molecular flexibility index (Phi) is 5.96. The Bertz CT molecular complexity index is 718. The molecule has 0 atom stereocenters. The predicted octanol–water partition coefficient (Wildman–Crippen LogP) is 2.86. The van der Waals surface area contributed by atoms with E-state index in [1.165, 1.54) is 12.3 Å². The van der Waals surface area contributed by atoms with Crippen LogP contribution in [0.5, 0.6) is 0 Å². The number of hydrogen-bond donors (Lipinski definition) is 2. The summed E-state index contributed by atoms with van der Waals surface area (Å²) in [6.45, 7) is 2.40. The Labute approximate surface area is 144 Å². The van der Waals surface area contributed by atoms with E-state index in [0.29, 0.717) is 21.2 Å². The predicted molar refractivity (Wildman–Crippen MR) is 90.1 cm³/mol. The van der Waals surface area contributed by atoms with E-state index in [-0.39, 0.29) is 24.9 Å². The van der Waals surface area contributed by atoms with Gasteiger partial charge in [-0.1, -0.05) is 23.2 Å². The average Bonchev–Trinajstić information content (AvgIpc) is 2.54. The molecule has 120 valence electrons. The number of hydrogen-bond acceptors (Lipinski definition) is 3. The Hall–Kier alpha value is -2.11. The fourth-order valence-corrected chi connectivity index (χ4v) is 2.20. The highest BCUT2D eigenvalue weighted by atomic mass is 35.5. The molecule has 0 radical (unpaired) electrons. The van der Waals surface area contributed by atoms with Gasteiger partial charge in [0.1, 0.15) is 0 Å². The van der Waals surface area contributed by atoms with Crippen LogP contribution in [0.25, 0.3) is 0 Å². The smallest absolute Gasteiger partial charge is 0.252 e. The molecule has 2 amide bonds. The molecule has 1 heterocycles. The molecule has 0 saturated carbocycles. The molecule has 0 spiro atoms. The van der Waals surface area contributed by atoms with Crippen molar-refractivity contribution in [3.63, 3.8) is 0 Å². The van der Waals surface area contributed by atoms with Crippen molar-refractivity contribution >= 4 is 35.0 Å². The van der Waals surface area contributed by atoms with Gasteiger partial charge in [-0.25, -0.2) is 0 Å². The second kappa shape index (κ2) is 7.94. The van der Waals surface area contributed by atoms with E-state index in [4.69, 9.17) is 23.2 Å². The molecule has 0 unspecified atom stereocenters. The third-order valence-electron chi connectivity index (χ3n) is 3.04. The van der Waals surface area contributed by atoms with Crippen LogP contribution in [0, 0.1) is 6.92 Å². The van der Waals surface area contributed by atoms with E-state index in [1.807, 2.05) is 6.92 Å². The Balaban J connectivity index is 1.81. The van der Waals surface area contributed by atoms with Gasteiger partial charge in [-0.15, -0.1) is 0 Å². The summed E-state index contributed by atoms with van der Waals surface area (Å²) in [5.74, 6) is -0.587. The standard InChI is InChI=1S/C16H15Cl2N3O2/c1-10-2-3-11(9-21-10)15(22)19-6-7-20-16(23)13-8-12(17)4-5-14(13)18/h2-5,8-9H,6-7H2,1H3,(H,19,22)(H,20,23). The van der Waals surface area contributed by atoms with Gasteiger partial charge in [-0.2, -0.15) is 0 Å². The zero-order valence-corrected chi connectivity index (χ0v) is 13.9. The van der Waals surface area contributed by atoms with Crippen molar-refractivity contribution in [1.29, 1.82) is 0 Å². The van der Waals surface area contributed by atoms with Gasteiger partial charge in [-0.3, -0.25) is 14.6 Å². The van der Waals surface area contributed by atoms with E-state index in [9.17, 15) is 9.59 Å². The Morgan fingerprint density at radius 3 is 2.39 bits per heavy atom. The number of nitrogens with zero attached hydrogens (tertiary/aromatic N) is 1. The molecule has 0 aliphatic heterocycles. The summed E-state index contributed by atoms with van der Waals surface area (Å²) in [6, 6.07) is 8.12.